The van der Waals surface area contributed by atoms with Gasteiger partial charge in [-0.25, -0.2) is 0 Å². The molecule has 0 saturated heterocycles. The zero-order valence-electron chi connectivity index (χ0n) is 11.4. The van der Waals surface area contributed by atoms with Crippen LogP contribution in [0.25, 0.3) is 11.1 Å². The quantitative estimate of drug-likeness (QED) is 0.630. The fraction of sp³-hybridized carbons (Fsp3) is 0.214. The van der Waals surface area contributed by atoms with Crippen LogP contribution in [0.2, 0.25) is 0 Å². The van der Waals surface area contributed by atoms with Gasteiger partial charge in [-0.3, -0.25) is 0 Å². The molecule has 2 aromatic rings. The minimum atomic E-state index is -4.71. The molecule has 0 bridgehead atoms. The van der Waals surface area contributed by atoms with Crippen molar-refractivity contribution in [1.82, 2.24) is 4.98 Å². The van der Waals surface area contributed by atoms with E-state index in [0.717, 1.165) is 0 Å². The van der Waals surface area contributed by atoms with Crippen molar-refractivity contribution in [3.8, 4) is 16.9 Å². The monoisotopic (exact) mass is 312 g/mol. The van der Waals surface area contributed by atoms with Crippen molar-refractivity contribution >= 4 is 5.82 Å². The van der Waals surface area contributed by atoms with E-state index in [9.17, 15) is 23.3 Å². The van der Waals surface area contributed by atoms with Gasteiger partial charge >= 0.3 is 12.0 Å². The SMILES string of the molecule is CCOc1c([N+](=O)[O-])ncc(C(F)(F)F)c1-c1ccccc1. The van der Waals surface area contributed by atoms with Crippen LogP contribution in [-0.2, 0) is 6.18 Å². The van der Waals surface area contributed by atoms with E-state index in [1.807, 2.05) is 0 Å². The van der Waals surface area contributed by atoms with Gasteiger partial charge in [0.1, 0.15) is 5.56 Å². The second-order valence-corrected chi connectivity index (χ2v) is 4.25. The highest BCUT2D eigenvalue weighted by molar-refractivity contribution is 5.77. The number of rotatable bonds is 4. The van der Waals surface area contributed by atoms with Crippen molar-refractivity contribution in [2.45, 2.75) is 13.1 Å². The predicted molar refractivity (Wildman–Crippen MR) is 72.5 cm³/mol. The van der Waals surface area contributed by atoms with Gasteiger partial charge in [0.2, 0.25) is 5.75 Å². The lowest BCUT2D eigenvalue weighted by atomic mass is 10.00. The maximum atomic E-state index is 13.2. The Labute approximate surface area is 123 Å². The van der Waals surface area contributed by atoms with Crippen molar-refractivity contribution < 1.29 is 22.8 Å². The van der Waals surface area contributed by atoms with Gasteiger partial charge in [-0.2, -0.15) is 13.2 Å². The maximum Gasteiger partial charge on any atom is 0.420 e. The summed E-state index contributed by atoms with van der Waals surface area (Å²) in [6.45, 7) is 1.50. The standard InChI is InChI=1S/C14H11F3N2O3/c1-2-22-12-11(9-6-4-3-5-7-9)10(14(15,16)17)8-18-13(12)19(20)21/h3-8H,2H2,1H3. The number of halogens is 3. The van der Waals surface area contributed by atoms with Gasteiger partial charge in [0.25, 0.3) is 0 Å². The van der Waals surface area contributed by atoms with Crippen molar-refractivity contribution in [3.05, 3.63) is 52.2 Å². The Balaban J connectivity index is 2.84. The topological polar surface area (TPSA) is 65.3 Å². The van der Waals surface area contributed by atoms with E-state index in [4.69, 9.17) is 4.74 Å². The number of hydrogen-bond donors (Lipinski definition) is 0. The van der Waals surface area contributed by atoms with Crippen LogP contribution >= 0.6 is 0 Å². The van der Waals surface area contributed by atoms with E-state index in [1.165, 1.54) is 31.2 Å². The van der Waals surface area contributed by atoms with Gasteiger partial charge in [-0.15, -0.1) is 0 Å². The van der Waals surface area contributed by atoms with Crippen LogP contribution in [0.1, 0.15) is 12.5 Å². The molecular weight excluding hydrogens is 301 g/mol. The number of nitrogens with zero attached hydrogens (tertiary/aromatic N) is 2. The molecule has 0 fully saturated rings. The molecule has 0 aliphatic carbocycles. The first-order chi connectivity index (χ1) is 10.4. The van der Waals surface area contributed by atoms with E-state index in [0.29, 0.717) is 6.20 Å². The lowest BCUT2D eigenvalue weighted by Gasteiger charge is -2.15. The molecule has 0 radical (unpaired) electrons. The zero-order chi connectivity index (χ0) is 16.3. The first kappa shape index (κ1) is 15.7. The van der Waals surface area contributed by atoms with Crippen LogP contribution in [0.3, 0.4) is 0 Å². The zero-order valence-corrected chi connectivity index (χ0v) is 11.4. The molecule has 22 heavy (non-hydrogen) atoms. The molecule has 0 saturated carbocycles. The van der Waals surface area contributed by atoms with Gasteiger partial charge in [-0.1, -0.05) is 30.3 Å². The van der Waals surface area contributed by atoms with Crippen molar-refractivity contribution in [3.63, 3.8) is 0 Å². The van der Waals surface area contributed by atoms with Gasteiger partial charge in [-0.05, 0) is 22.4 Å². The van der Waals surface area contributed by atoms with Crippen molar-refractivity contribution in [2.75, 3.05) is 6.61 Å². The summed E-state index contributed by atoms with van der Waals surface area (Å²) in [4.78, 5) is 13.5. The number of aromatic nitrogens is 1. The third kappa shape index (κ3) is 3.00. The normalized spacial score (nSPS) is 11.3. The van der Waals surface area contributed by atoms with E-state index in [1.54, 1.807) is 6.07 Å². The summed E-state index contributed by atoms with van der Waals surface area (Å²) in [5.74, 6) is -1.22. The first-order valence-electron chi connectivity index (χ1n) is 6.29. The second kappa shape index (κ2) is 6.00. The summed E-state index contributed by atoms with van der Waals surface area (Å²) in [5, 5.41) is 11.0. The summed E-state index contributed by atoms with van der Waals surface area (Å²) in [6, 6.07) is 7.56. The molecule has 1 aromatic heterocycles. The van der Waals surface area contributed by atoms with E-state index < -0.39 is 28.2 Å². The average molecular weight is 312 g/mol. The molecular formula is C14H11F3N2O3. The lowest BCUT2D eigenvalue weighted by Crippen LogP contribution is -2.11. The molecule has 0 N–H and O–H groups in total. The molecule has 0 amide bonds. The summed E-state index contributed by atoms with van der Waals surface area (Å²) in [7, 11) is 0. The van der Waals surface area contributed by atoms with Gasteiger partial charge in [0.05, 0.1) is 6.61 Å². The van der Waals surface area contributed by atoms with Gasteiger partial charge in [0.15, 0.2) is 6.20 Å². The number of benzene rings is 1. The Bertz CT molecular complexity index is 688. The molecule has 2 rings (SSSR count). The van der Waals surface area contributed by atoms with Crippen LogP contribution in [0.15, 0.2) is 36.5 Å². The van der Waals surface area contributed by atoms with Crippen LogP contribution in [0.4, 0.5) is 19.0 Å². The number of pyridine rings is 1. The summed E-state index contributed by atoms with van der Waals surface area (Å²) in [5.41, 5.74) is -1.28. The molecule has 0 atom stereocenters. The van der Waals surface area contributed by atoms with E-state index in [2.05, 4.69) is 4.98 Å². The Morgan fingerprint density at radius 2 is 1.91 bits per heavy atom. The summed E-state index contributed by atoms with van der Waals surface area (Å²) >= 11 is 0. The second-order valence-electron chi connectivity index (χ2n) is 4.25. The fourth-order valence-electron chi connectivity index (χ4n) is 2.00. The fourth-order valence-corrected chi connectivity index (χ4v) is 2.00. The highest BCUT2D eigenvalue weighted by Gasteiger charge is 2.39. The molecule has 116 valence electrons. The molecule has 5 nitrogen and oxygen atoms in total. The van der Waals surface area contributed by atoms with Gasteiger partial charge < -0.3 is 14.9 Å². The minimum Gasteiger partial charge on any atom is -0.486 e. The Kier molecular flexibility index (Phi) is 4.30. The maximum absolute atomic E-state index is 13.2. The van der Waals surface area contributed by atoms with Crippen molar-refractivity contribution in [1.29, 1.82) is 0 Å². The number of alkyl halides is 3. The Hall–Kier alpha value is -2.64. The molecule has 8 heteroatoms. The largest absolute Gasteiger partial charge is 0.486 e. The highest BCUT2D eigenvalue weighted by Crippen LogP contribution is 2.45. The third-order valence-corrected chi connectivity index (χ3v) is 2.84. The molecule has 0 aliphatic rings. The molecule has 0 spiro atoms. The lowest BCUT2D eigenvalue weighted by molar-refractivity contribution is -0.390. The van der Waals surface area contributed by atoms with E-state index in [-0.39, 0.29) is 17.7 Å². The molecule has 0 aliphatic heterocycles. The number of hydrogen-bond acceptors (Lipinski definition) is 4. The van der Waals surface area contributed by atoms with Crippen LogP contribution in [0.5, 0.6) is 5.75 Å². The molecule has 0 unspecified atom stereocenters. The number of nitro groups is 1. The van der Waals surface area contributed by atoms with Crippen molar-refractivity contribution in [2.24, 2.45) is 0 Å². The van der Waals surface area contributed by atoms with Crippen LogP contribution < -0.4 is 4.74 Å². The third-order valence-electron chi connectivity index (χ3n) is 2.84. The average Bonchev–Trinajstić information content (AvgIpc) is 2.46. The summed E-state index contributed by atoms with van der Waals surface area (Å²) in [6.07, 6.45) is -4.25. The summed E-state index contributed by atoms with van der Waals surface area (Å²) < 4.78 is 44.8. The number of ether oxygens (including phenoxy) is 1. The Morgan fingerprint density at radius 1 is 1.27 bits per heavy atom. The highest BCUT2D eigenvalue weighted by atomic mass is 19.4. The van der Waals surface area contributed by atoms with E-state index >= 15 is 0 Å². The van der Waals surface area contributed by atoms with Gasteiger partial charge in [0, 0.05) is 5.56 Å². The smallest absolute Gasteiger partial charge is 0.420 e. The minimum absolute atomic E-state index is 0.0241. The van der Waals surface area contributed by atoms with Crippen LogP contribution in [-0.4, -0.2) is 16.5 Å². The van der Waals surface area contributed by atoms with Crippen LogP contribution in [0, 0.1) is 10.1 Å². The first-order valence-corrected chi connectivity index (χ1v) is 6.29. The molecule has 1 heterocycles. The predicted octanol–water partition coefficient (Wildman–Crippen LogP) is 4.07. The molecule has 1 aromatic carbocycles. The Morgan fingerprint density at radius 3 is 2.41 bits per heavy atom.